The number of nitrogens with zero attached hydrogens (tertiary/aromatic N) is 1. The van der Waals surface area contributed by atoms with E-state index in [0.29, 0.717) is 24.4 Å². The largest absolute Gasteiger partial charge is 0.427 e. The Hall–Kier alpha value is -2.62. The zero-order valence-electron chi connectivity index (χ0n) is 13.7. The lowest BCUT2D eigenvalue weighted by Crippen LogP contribution is -2.30. The van der Waals surface area contributed by atoms with Crippen molar-refractivity contribution in [3.05, 3.63) is 54.1 Å². The van der Waals surface area contributed by atoms with Gasteiger partial charge in [-0.05, 0) is 49.2 Å². The summed E-state index contributed by atoms with van der Waals surface area (Å²) < 4.78 is 5.10. The average Bonchev–Trinajstić information content (AvgIpc) is 2.55. The van der Waals surface area contributed by atoms with Crippen molar-refractivity contribution in [2.45, 2.75) is 20.8 Å². The molecule has 0 aromatic heterocycles. The minimum absolute atomic E-state index is 0.0372. The highest BCUT2D eigenvalue weighted by atomic mass is 16.5. The standard InChI is InChI=1S/C19H21NO3/c1-4-20(5-2)19(22)16-11-9-15(10-12-16)17-7-6-8-18(13-17)23-14(3)21/h6-13H,4-5H2,1-3H3. The number of hydrogen-bond acceptors (Lipinski definition) is 3. The van der Waals surface area contributed by atoms with E-state index in [2.05, 4.69) is 0 Å². The number of ether oxygens (including phenoxy) is 1. The van der Waals surface area contributed by atoms with Crippen LogP contribution < -0.4 is 4.74 Å². The van der Waals surface area contributed by atoms with Crippen molar-refractivity contribution in [2.75, 3.05) is 13.1 Å². The molecule has 0 atom stereocenters. The first-order chi connectivity index (χ1) is 11.0. The molecule has 2 rings (SSSR count). The number of rotatable bonds is 5. The van der Waals surface area contributed by atoms with E-state index in [0.717, 1.165) is 11.1 Å². The predicted octanol–water partition coefficient (Wildman–Crippen LogP) is 3.76. The molecule has 1 amide bonds. The van der Waals surface area contributed by atoms with Gasteiger partial charge in [-0.25, -0.2) is 0 Å². The van der Waals surface area contributed by atoms with Crippen LogP contribution in [0.5, 0.6) is 5.75 Å². The van der Waals surface area contributed by atoms with Crippen molar-refractivity contribution in [3.8, 4) is 16.9 Å². The van der Waals surface area contributed by atoms with Gasteiger partial charge in [0.25, 0.3) is 5.91 Å². The van der Waals surface area contributed by atoms with Gasteiger partial charge in [0.2, 0.25) is 0 Å². The van der Waals surface area contributed by atoms with E-state index in [9.17, 15) is 9.59 Å². The maximum absolute atomic E-state index is 12.3. The van der Waals surface area contributed by atoms with E-state index < -0.39 is 0 Å². The van der Waals surface area contributed by atoms with Crippen LogP contribution in [0.25, 0.3) is 11.1 Å². The van der Waals surface area contributed by atoms with Gasteiger partial charge in [0.1, 0.15) is 5.75 Å². The summed E-state index contributed by atoms with van der Waals surface area (Å²) in [5.41, 5.74) is 2.58. The number of carbonyl (C=O) groups excluding carboxylic acids is 2. The Bertz CT molecular complexity index is 688. The molecule has 2 aromatic rings. The SMILES string of the molecule is CCN(CC)C(=O)c1ccc(-c2cccc(OC(C)=O)c2)cc1. The van der Waals surface area contributed by atoms with Crippen molar-refractivity contribution in [1.29, 1.82) is 0 Å². The first-order valence-corrected chi connectivity index (χ1v) is 7.73. The molecule has 0 aliphatic rings. The molecule has 0 bridgehead atoms. The van der Waals surface area contributed by atoms with Gasteiger partial charge in [-0.3, -0.25) is 9.59 Å². The molecule has 2 aromatic carbocycles. The molecular weight excluding hydrogens is 290 g/mol. The minimum Gasteiger partial charge on any atom is -0.427 e. The summed E-state index contributed by atoms with van der Waals surface area (Å²) in [6, 6.07) is 14.8. The quantitative estimate of drug-likeness (QED) is 0.624. The van der Waals surface area contributed by atoms with E-state index in [1.807, 2.05) is 56.3 Å². The van der Waals surface area contributed by atoms with Crippen molar-refractivity contribution >= 4 is 11.9 Å². The van der Waals surface area contributed by atoms with Crippen LogP contribution >= 0.6 is 0 Å². The molecule has 0 N–H and O–H groups in total. The van der Waals surface area contributed by atoms with Gasteiger partial charge in [-0.1, -0.05) is 24.3 Å². The van der Waals surface area contributed by atoms with E-state index in [1.165, 1.54) is 6.92 Å². The van der Waals surface area contributed by atoms with Gasteiger partial charge < -0.3 is 9.64 Å². The summed E-state index contributed by atoms with van der Waals surface area (Å²) in [4.78, 5) is 25.1. The molecule has 0 unspecified atom stereocenters. The predicted molar refractivity (Wildman–Crippen MR) is 90.4 cm³/mol. The van der Waals surface area contributed by atoms with Crippen LogP contribution in [0.3, 0.4) is 0 Å². The third-order valence-electron chi connectivity index (χ3n) is 3.61. The van der Waals surface area contributed by atoms with Crippen LogP contribution in [0, 0.1) is 0 Å². The summed E-state index contributed by atoms with van der Waals surface area (Å²) in [5, 5.41) is 0. The number of amides is 1. The second-order valence-corrected chi connectivity index (χ2v) is 5.18. The van der Waals surface area contributed by atoms with Gasteiger partial charge in [0.15, 0.2) is 0 Å². The van der Waals surface area contributed by atoms with Gasteiger partial charge in [0, 0.05) is 25.6 Å². The molecule has 0 saturated heterocycles. The fraction of sp³-hybridized carbons (Fsp3) is 0.263. The van der Waals surface area contributed by atoms with Crippen LogP contribution in [-0.4, -0.2) is 29.9 Å². The van der Waals surface area contributed by atoms with Gasteiger partial charge in [0.05, 0.1) is 0 Å². The highest BCUT2D eigenvalue weighted by Crippen LogP contribution is 2.24. The first kappa shape index (κ1) is 16.7. The van der Waals surface area contributed by atoms with Crippen molar-refractivity contribution in [1.82, 2.24) is 4.90 Å². The minimum atomic E-state index is -0.345. The Labute approximate surface area is 136 Å². The number of esters is 1. The van der Waals surface area contributed by atoms with Gasteiger partial charge in [-0.15, -0.1) is 0 Å². The maximum atomic E-state index is 12.3. The van der Waals surface area contributed by atoms with E-state index in [4.69, 9.17) is 4.74 Å². The summed E-state index contributed by atoms with van der Waals surface area (Å²) >= 11 is 0. The topological polar surface area (TPSA) is 46.6 Å². The highest BCUT2D eigenvalue weighted by Gasteiger charge is 2.12. The Kier molecular flexibility index (Phi) is 5.52. The Morgan fingerprint density at radius 2 is 1.61 bits per heavy atom. The summed E-state index contributed by atoms with van der Waals surface area (Å²) in [6.07, 6.45) is 0. The molecule has 0 saturated carbocycles. The molecule has 23 heavy (non-hydrogen) atoms. The van der Waals surface area contributed by atoms with Gasteiger partial charge >= 0.3 is 5.97 Å². The lowest BCUT2D eigenvalue weighted by molar-refractivity contribution is -0.131. The monoisotopic (exact) mass is 311 g/mol. The van der Waals surface area contributed by atoms with Crippen molar-refractivity contribution < 1.29 is 14.3 Å². The molecule has 0 spiro atoms. The molecule has 0 heterocycles. The normalized spacial score (nSPS) is 10.2. The number of benzene rings is 2. The molecular formula is C19H21NO3. The summed E-state index contributed by atoms with van der Waals surface area (Å²) in [6.45, 7) is 6.70. The molecule has 0 aliphatic heterocycles. The average molecular weight is 311 g/mol. The van der Waals surface area contributed by atoms with E-state index in [-0.39, 0.29) is 11.9 Å². The Morgan fingerprint density at radius 1 is 0.957 bits per heavy atom. The van der Waals surface area contributed by atoms with Crippen LogP contribution in [0.4, 0.5) is 0 Å². The third-order valence-corrected chi connectivity index (χ3v) is 3.61. The smallest absolute Gasteiger partial charge is 0.308 e. The van der Waals surface area contributed by atoms with E-state index >= 15 is 0 Å². The summed E-state index contributed by atoms with van der Waals surface area (Å²) in [5.74, 6) is 0.204. The Balaban J connectivity index is 2.22. The van der Waals surface area contributed by atoms with Crippen LogP contribution in [0.1, 0.15) is 31.1 Å². The summed E-state index contributed by atoms with van der Waals surface area (Å²) in [7, 11) is 0. The van der Waals surface area contributed by atoms with Gasteiger partial charge in [-0.2, -0.15) is 0 Å². The lowest BCUT2D eigenvalue weighted by Gasteiger charge is -2.18. The molecule has 4 heteroatoms. The molecule has 0 fully saturated rings. The second-order valence-electron chi connectivity index (χ2n) is 5.18. The zero-order chi connectivity index (χ0) is 16.8. The lowest BCUT2D eigenvalue weighted by atomic mass is 10.0. The molecule has 0 aliphatic carbocycles. The Morgan fingerprint density at radius 3 is 2.17 bits per heavy atom. The van der Waals surface area contributed by atoms with Crippen LogP contribution in [-0.2, 0) is 4.79 Å². The van der Waals surface area contributed by atoms with Crippen LogP contribution in [0.2, 0.25) is 0 Å². The first-order valence-electron chi connectivity index (χ1n) is 7.73. The third kappa shape index (κ3) is 4.19. The zero-order valence-corrected chi connectivity index (χ0v) is 13.7. The number of carbonyl (C=O) groups is 2. The number of hydrogen-bond donors (Lipinski definition) is 0. The molecule has 0 radical (unpaired) electrons. The van der Waals surface area contributed by atoms with Crippen molar-refractivity contribution in [3.63, 3.8) is 0 Å². The fourth-order valence-electron chi connectivity index (χ4n) is 2.40. The maximum Gasteiger partial charge on any atom is 0.308 e. The molecule has 4 nitrogen and oxygen atoms in total. The van der Waals surface area contributed by atoms with Crippen LogP contribution in [0.15, 0.2) is 48.5 Å². The highest BCUT2D eigenvalue weighted by molar-refractivity contribution is 5.94. The van der Waals surface area contributed by atoms with Crippen molar-refractivity contribution in [2.24, 2.45) is 0 Å². The second kappa shape index (κ2) is 7.58. The van der Waals surface area contributed by atoms with E-state index in [1.54, 1.807) is 11.0 Å². The fourth-order valence-corrected chi connectivity index (χ4v) is 2.40. The molecule has 120 valence electrons.